The van der Waals surface area contributed by atoms with Gasteiger partial charge in [-0.15, -0.1) is 0 Å². The van der Waals surface area contributed by atoms with Gasteiger partial charge in [0, 0.05) is 42.5 Å². The SMILES string of the molecule is C=C(Nc1ccc(NC(=O)C2(C=O)CC2)cc1)c1c(F)cc(OCCOC)cc1N=CC.CCCC.CNCC(C)(C)C. The first-order valence-corrected chi connectivity index (χ1v) is 14.8. The van der Waals surface area contributed by atoms with Crippen LogP contribution >= 0.6 is 0 Å². The van der Waals surface area contributed by atoms with Crippen molar-refractivity contribution in [3.05, 3.63) is 54.4 Å². The zero-order valence-corrected chi connectivity index (χ0v) is 27.2. The lowest BCUT2D eigenvalue weighted by Crippen LogP contribution is -2.25. The minimum absolute atomic E-state index is 0.223. The van der Waals surface area contributed by atoms with Crippen molar-refractivity contribution in [2.75, 3.05) is 44.5 Å². The van der Waals surface area contributed by atoms with E-state index < -0.39 is 11.2 Å². The molecule has 1 aliphatic rings. The number of unbranched alkanes of at least 4 members (excludes halogenated alkanes) is 1. The summed E-state index contributed by atoms with van der Waals surface area (Å²) >= 11 is 0. The van der Waals surface area contributed by atoms with Gasteiger partial charge in [-0.2, -0.15) is 0 Å². The molecule has 0 bridgehead atoms. The maximum Gasteiger partial charge on any atom is 0.237 e. The zero-order valence-electron chi connectivity index (χ0n) is 27.2. The third kappa shape index (κ3) is 13.5. The highest BCUT2D eigenvalue weighted by molar-refractivity contribution is 6.07. The Kier molecular flexibility index (Phi) is 16.4. The summed E-state index contributed by atoms with van der Waals surface area (Å²) in [4.78, 5) is 27.5. The molecule has 9 heteroatoms. The van der Waals surface area contributed by atoms with Crippen LogP contribution in [0.1, 0.15) is 72.8 Å². The Labute approximate surface area is 257 Å². The number of anilines is 2. The average molecular weight is 599 g/mol. The first kappa shape index (κ1) is 37.5. The van der Waals surface area contributed by atoms with E-state index in [9.17, 15) is 14.0 Å². The van der Waals surface area contributed by atoms with E-state index in [2.05, 4.69) is 62.1 Å². The van der Waals surface area contributed by atoms with Gasteiger partial charge in [-0.1, -0.05) is 54.0 Å². The molecule has 3 rings (SSSR count). The number of carbonyl (C=O) groups is 2. The first-order valence-electron chi connectivity index (χ1n) is 14.8. The Morgan fingerprint density at radius 2 is 1.65 bits per heavy atom. The molecule has 0 heterocycles. The number of aliphatic imine (C=N–C) groups is 1. The van der Waals surface area contributed by atoms with Crippen LogP contribution in [0.15, 0.2) is 48.0 Å². The highest BCUT2D eigenvalue weighted by Crippen LogP contribution is 2.44. The Morgan fingerprint density at radius 1 is 1.07 bits per heavy atom. The number of halogens is 1. The van der Waals surface area contributed by atoms with Gasteiger partial charge in [0.2, 0.25) is 5.91 Å². The molecule has 43 heavy (non-hydrogen) atoms. The number of rotatable bonds is 13. The molecule has 3 N–H and O–H groups in total. The Hall–Kier alpha value is -3.56. The number of methoxy groups -OCH3 is 1. The summed E-state index contributed by atoms with van der Waals surface area (Å²) < 4.78 is 25.3. The van der Waals surface area contributed by atoms with Crippen molar-refractivity contribution in [1.29, 1.82) is 0 Å². The molecule has 0 spiro atoms. The number of ether oxygens (including phenoxy) is 2. The Morgan fingerprint density at radius 3 is 2.07 bits per heavy atom. The fourth-order valence-electron chi connectivity index (χ4n) is 3.63. The molecule has 0 aromatic heterocycles. The second-order valence-electron chi connectivity index (χ2n) is 11.5. The zero-order chi connectivity index (χ0) is 32.5. The second-order valence-corrected chi connectivity index (χ2v) is 11.5. The van der Waals surface area contributed by atoms with Gasteiger partial charge in [0.25, 0.3) is 0 Å². The summed E-state index contributed by atoms with van der Waals surface area (Å²) in [5.41, 5.74) is 1.70. The summed E-state index contributed by atoms with van der Waals surface area (Å²) in [6.07, 6.45) is 6.06. The molecule has 0 atom stereocenters. The molecule has 1 saturated carbocycles. The van der Waals surface area contributed by atoms with Crippen LogP contribution in [0.5, 0.6) is 5.75 Å². The van der Waals surface area contributed by atoms with Gasteiger partial charge in [-0.3, -0.25) is 9.79 Å². The highest BCUT2D eigenvalue weighted by Gasteiger charge is 2.50. The topological polar surface area (TPSA) is 101 Å². The molecule has 2 aromatic rings. The molecule has 8 nitrogen and oxygen atoms in total. The molecule has 0 aliphatic heterocycles. The number of carbonyl (C=O) groups excluding carboxylic acids is 2. The smallest absolute Gasteiger partial charge is 0.237 e. The lowest BCUT2D eigenvalue weighted by molar-refractivity contribution is -0.126. The molecule has 0 radical (unpaired) electrons. The van der Waals surface area contributed by atoms with Crippen LogP contribution < -0.4 is 20.7 Å². The molecule has 1 aliphatic carbocycles. The number of aldehydes is 1. The van der Waals surface area contributed by atoms with E-state index in [1.165, 1.54) is 18.9 Å². The van der Waals surface area contributed by atoms with Crippen molar-refractivity contribution >= 4 is 41.2 Å². The van der Waals surface area contributed by atoms with Crippen molar-refractivity contribution in [1.82, 2.24) is 5.32 Å². The molecule has 1 fully saturated rings. The first-order chi connectivity index (χ1) is 20.4. The molecular formula is C34H51FN4O4. The fourth-order valence-corrected chi connectivity index (χ4v) is 3.63. The normalized spacial score (nSPS) is 13.1. The van der Waals surface area contributed by atoms with Crippen LogP contribution in [0.4, 0.5) is 21.5 Å². The van der Waals surface area contributed by atoms with E-state index >= 15 is 0 Å². The van der Waals surface area contributed by atoms with Crippen molar-refractivity contribution in [3.63, 3.8) is 0 Å². The maximum atomic E-state index is 14.9. The standard InChI is InChI=1S/C24H26FN3O4.C6H15N.C4H10/c1-4-26-21-14-19(32-12-11-31-3)13-20(25)22(21)16(2)27-17-5-7-18(8-6-17)28-23(30)24(15-29)9-10-24;1-6(2,3)5-7-4;1-3-4-2/h4-8,13-15,27H,2,9-12H2,1,3H3,(H,28,30);7H,5H2,1-4H3;3-4H2,1-2H3. The van der Waals surface area contributed by atoms with Gasteiger partial charge in [-0.25, -0.2) is 4.39 Å². The van der Waals surface area contributed by atoms with E-state index in [0.29, 0.717) is 66.3 Å². The van der Waals surface area contributed by atoms with Gasteiger partial charge in [0.1, 0.15) is 29.9 Å². The number of hydrogen-bond acceptors (Lipinski definition) is 7. The summed E-state index contributed by atoms with van der Waals surface area (Å²) in [7, 11) is 3.54. The Bertz CT molecular complexity index is 1180. The van der Waals surface area contributed by atoms with Crippen LogP contribution in [-0.2, 0) is 14.3 Å². The van der Waals surface area contributed by atoms with Crippen molar-refractivity contribution < 1.29 is 23.5 Å². The molecule has 0 saturated heterocycles. The summed E-state index contributed by atoms with van der Waals surface area (Å²) in [6, 6.07) is 9.77. The molecule has 0 unspecified atom stereocenters. The number of nitrogens with one attached hydrogen (secondary N) is 3. The predicted molar refractivity (Wildman–Crippen MR) is 177 cm³/mol. The van der Waals surface area contributed by atoms with Crippen LogP contribution in [0.25, 0.3) is 5.70 Å². The van der Waals surface area contributed by atoms with E-state index in [4.69, 9.17) is 9.47 Å². The van der Waals surface area contributed by atoms with Crippen molar-refractivity contribution in [2.24, 2.45) is 15.8 Å². The maximum absolute atomic E-state index is 14.9. The van der Waals surface area contributed by atoms with E-state index in [0.717, 1.165) is 6.54 Å². The lowest BCUT2D eigenvalue weighted by atomic mass is 9.97. The van der Waals surface area contributed by atoms with Gasteiger partial charge >= 0.3 is 0 Å². The van der Waals surface area contributed by atoms with Gasteiger partial charge in [0.05, 0.1) is 17.9 Å². The monoisotopic (exact) mass is 598 g/mol. The summed E-state index contributed by atoms with van der Waals surface area (Å²) in [5, 5.41) is 8.92. The van der Waals surface area contributed by atoms with Crippen molar-refractivity contribution in [2.45, 2.75) is 67.2 Å². The largest absolute Gasteiger partial charge is 0.491 e. The molecular weight excluding hydrogens is 547 g/mol. The minimum atomic E-state index is -0.877. The summed E-state index contributed by atoms with van der Waals surface area (Å²) in [5.74, 6) is -0.472. The third-order valence-electron chi connectivity index (χ3n) is 6.28. The van der Waals surface area contributed by atoms with Crippen LogP contribution in [0, 0.1) is 16.6 Å². The molecule has 1 amide bonds. The summed E-state index contributed by atoms with van der Waals surface area (Å²) in [6.45, 7) is 18.5. The number of hydrogen-bond donors (Lipinski definition) is 3. The van der Waals surface area contributed by atoms with Gasteiger partial charge in [0.15, 0.2) is 0 Å². The van der Waals surface area contributed by atoms with E-state index in [1.807, 2.05) is 7.05 Å². The van der Waals surface area contributed by atoms with Crippen LogP contribution in [-0.4, -0.2) is 52.3 Å². The number of amides is 1. The lowest BCUT2D eigenvalue weighted by Gasteiger charge is -2.16. The molecule has 238 valence electrons. The van der Waals surface area contributed by atoms with E-state index in [1.54, 1.807) is 50.6 Å². The highest BCUT2D eigenvalue weighted by atomic mass is 19.1. The van der Waals surface area contributed by atoms with Gasteiger partial charge < -0.3 is 30.2 Å². The predicted octanol–water partition coefficient (Wildman–Crippen LogP) is 7.63. The average Bonchev–Trinajstić information content (AvgIpc) is 3.76. The quantitative estimate of drug-likeness (QED) is 0.0949. The van der Waals surface area contributed by atoms with Crippen LogP contribution in [0.3, 0.4) is 0 Å². The third-order valence-corrected chi connectivity index (χ3v) is 6.28. The Balaban J connectivity index is 0.000000717. The van der Waals surface area contributed by atoms with Crippen molar-refractivity contribution in [3.8, 4) is 5.75 Å². The number of benzene rings is 2. The second kappa shape index (κ2) is 18.9. The number of nitrogens with zero attached hydrogens (tertiary/aromatic N) is 1. The van der Waals surface area contributed by atoms with E-state index in [-0.39, 0.29) is 11.5 Å². The fraction of sp³-hybridized carbons (Fsp3) is 0.500. The van der Waals surface area contributed by atoms with Gasteiger partial charge in [-0.05, 0) is 63.0 Å². The molecule has 2 aromatic carbocycles. The minimum Gasteiger partial charge on any atom is -0.491 e. The van der Waals surface area contributed by atoms with Crippen LogP contribution in [0.2, 0.25) is 0 Å².